The van der Waals surface area contributed by atoms with Crippen molar-refractivity contribution in [3.8, 4) is 0 Å². The zero-order chi connectivity index (χ0) is 18.4. The van der Waals surface area contributed by atoms with Gasteiger partial charge in [-0.15, -0.1) is 0 Å². The highest BCUT2D eigenvalue weighted by atomic mass is 32.2. The highest BCUT2D eigenvalue weighted by molar-refractivity contribution is 7.90. The number of amidine groups is 1. The van der Waals surface area contributed by atoms with Crippen LogP contribution in [0, 0.1) is 0 Å². The van der Waals surface area contributed by atoms with Crippen LogP contribution in [0.1, 0.15) is 38.2 Å². The molecule has 1 atom stereocenters. The average Bonchev–Trinajstić information content (AvgIpc) is 2.82. The number of sulfonamides is 1. The lowest BCUT2D eigenvalue weighted by Gasteiger charge is -2.08. The lowest BCUT2D eigenvalue weighted by Crippen LogP contribution is -2.38. The first-order chi connectivity index (χ1) is 11.8. The van der Waals surface area contributed by atoms with Crippen LogP contribution in [-0.4, -0.2) is 43.8 Å². The van der Waals surface area contributed by atoms with Crippen molar-refractivity contribution in [2.45, 2.75) is 43.5 Å². The number of nitrogens with one attached hydrogen (secondary N) is 2. The molecule has 1 heterocycles. The molecule has 0 fully saturated rings. The molecule has 0 bridgehead atoms. The van der Waals surface area contributed by atoms with Gasteiger partial charge < -0.3 is 10.4 Å². The fourth-order valence-electron chi connectivity index (χ4n) is 2.39. The van der Waals surface area contributed by atoms with Crippen molar-refractivity contribution in [1.82, 2.24) is 10.0 Å². The molecule has 1 aromatic carbocycles. The second-order valence-corrected chi connectivity index (χ2v) is 7.42. The van der Waals surface area contributed by atoms with Gasteiger partial charge in [-0.05, 0) is 31.9 Å². The van der Waals surface area contributed by atoms with Gasteiger partial charge in [-0.25, -0.2) is 8.42 Å². The van der Waals surface area contributed by atoms with Crippen molar-refractivity contribution < 1.29 is 23.1 Å². The average molecular weight is 367 g/mol. The fraction of sp³-hybridized carbons (Fsp3) is 0.438. The molecule has 136 valence electrons. The van der Waals surface area contributed by atoms with E-state index in [9.17, 15) is 18.0 Å². The Morgan fingerprint density at radius 1 is 1.24 bits per heavy atom. The van der Waals surface area contributed by atoms with Gasteiger partial charge in [-0.2, -0.15) is 0 Å². The fourth-order valence-corrected chi connectivity index (χ4v) is 3.64. The summed E-state index contributed by atoms with van der Waals surface area (Å²) in [7, 11) is -3.51. The minimum Gasteiger partial charge on any atom is -0.480 e. The van der Waals surface area contributed by atoms with Gasteiger partial charge >= 0.3 is 5.97 Å². The van der Waals surface area contributed by atoms with Gasteiger partial charge in [-0.1, -0.05) is 18.6 Å². The molecule has 3 N–H and O–H groups in total. The van der Waals surface area contributed by atoms with E-state index in [1.807, 2.05) is 0 Å². The van der Waals surface area contributed by atoms with Crippen LogP contribution in [0.15, 0.2) is 34.2 Å². The number of carbonyl (C=O) groups is 2. The van der Waals surface area contributed by atoms with Gasteiger partial charge in [0.15, 0.2) is 0 Å². The van der Waals surface area contributed by atoms with Crippen LogP contribution < -0.4 is 10.0 Å². The quantitative estimate of drug-likeness (QED) is 0.588. The van der Waals surface area contributed by atoms with Gasteiger partial charge in [0.25, 0.3) is 10.0 Å². The van der Waals surface area contributed by atoms with Gasteiger partial charge in [-0.3, -0.25) is 19.3 Å². The van der Waals surface area contributed by atoms with Crippen molar-refractivity contribution in [2.75, 3.05) is 6.54 Å². The number of rotatable bonds is 8. The number of hydrogen-bond donors (Lipinski definition) is 3. The van der Waals surface area contributed by atoms with Crippen molar-refractivity contribution in [2.24, 2.45) is 4.99 Å². The normalized spacial score (nSPS) is 17.6. The Kier molecular flexibility index (Phi) is 6.13. The topological polar surface area (TPSA) is 125 Å². The molecule has 1 amide bonds. The number of nitrogens with zero attached hydrogens (tertiary/aromatic N) is 1. The molecule has 0 saturated carbocycles. The Morgan fingerprint density at radius 2 is 1.96 bits per heavy atom. The molecule has 2 rings (SSSR count). The number of carboxylic acids is 1. The molecule has 1 aromatic rings. The van der Waals surface area contributed by atoms with Crippen LogP contribution in [0.2, 0.25) is 0 Å². The highest BCUT2D eigenvalue weighted by Crippen LogP contribution is 2.22. The van der Waals surface area contributed by atoms with Gasteiger partial charge in [0.2, 0.25) is 5.91 Å². The summed E-state index contributed by atoms with van der Waals surface area (Å²) in [4.78, 5) is 26.7. The Hall–Kier alpha value is -2.42. The molecule has 0 unspecified atom stereocenters. The van der Waals surface area contributed by atoms with Crippen LogP contribution in [0.4, 0.5) is 0 Å². The Balaban J connectivity index is 1.74. The molecule has 0 aliphatic carbocycles. The first-order valence-corrected chi connectivity index (χ1v) is 9.48. The monoisotopic (exact) mass is 367 g/mol. The summed E-state index contributed by atoms with van der Waals surface area (Å²) in [6.45, 7) is 1.86. The summed E-state index contributed by atoms with van der Waals surface area (Å²) in [5, 5.41) is 11.1. The first kappa shape index (κ1) is 18.9. The van der Waals surface area contributed by atoms with E-state index in [0.717, 1.165) is 6.42 Å². The number of amides is 1. The van der Waals surface area contributed by atoms with Crippen LogP contribution in [0.5, 0.6) is 0 Å². The van der Waals surface area contributed by atoms with Crippen molar-refractivity contribution in [3.63, 3.8) is 0 Å². The largest absolute Gasteiger partial charge is 0.480 e. The maximum atomic E-state index is 11.9. The highest BCUT2D eigenvalue weighted by Gasteiger charge is 2.29. The second kappa shape index (κ2) is 8.11. The molecule has 0 spiro atoms. The van der Waals surface area contributed by atoms with E-state index in [4.69, 9.17) is 5.11 Å². The maximum Gasteiger partial charge on any atom is 0.325 e. The Bertz CT molecular complexity index is 789. The molecule has 0 saturated heterocycles. The summed E-state index contributed by atoms with van der Waals surface area (Å²) in [6.07, 6.45) is 2.31. The summed E-state index contributed by atoms with van der Waals surface area (Å²) in [5.74, 6) is -1.01. The number of benzene rings is 1. The van der Waals surface area contributed by atoms with Crippen LogP contribution in [-0.2, 0) is 19.6 Å². The predicted molar refractivity (Wildman–Crippen MR) is 91.9 cm³/mol. The third-order valence-electron chi connectivity index (χ3n) is 3.74. The first-order valence-electron chi connectivity index (χ1n) is 8.00. The Labute approximate surface area is 146 Å². The third kappa shape index (κ3) is 5.02. The van der Waals surface area contributed by atoms with Crippen molar-refractivity contribution in [1.29, 1.82) is 0 Å². The Morgan fingerprint density at radius 3 is 2.68 bits per heavy atom. The molecule has 9 heteroatoms. The van der Waals surface area contributed by atoms with E-state index < -0.39 is 22.0 Å². The van der Waals surface area contributed by atoms with Crippen molar-refractivity contribution >= 4 is 27.7 Å². The maximum absolute atomic E-state index is 11.9. The van der Waals surface area contributed by atoms with E-state index in [2.05, 4.69) is 15.0 Å². The third-order valence-corrected chi connectivity index (χ3v) is 5.14. The standard InChI is InChI=1S/C16H21N3O5S/c1-11(16(21)22)18-14(20)9-3-2-6-10-17-15-12-7-4-5-8-13(12)25(23,24)19-15/h4-5,7-8,11H,2-3,6,9-10H2,1H3,(H,17,19)(H,18,20)(H,21,22)/t11-/m0/s1. The van der Waals surface area contributed by atoms with Gasteiger partial charge in [0, 0.05) is 18.5 Å². The molecule has 0 aromatic heterocycles. The van der Waals surface area contributed by atoms with E-state index in [1.165, 1.54) is 13.0 Å². The lowest BCUT2D eigenvalue weighted by atomic mass is 10.1. The summed E-state index contributed by atoms with van der Waals surface area (Å²) >= 11 is 0. The minimum absolute atomic E-state index is 0.234. The molecule has 1 aliphatic rings. The summed E-state index contributed by atoms with van der Waals surface area (Å²) < 4.78 is 26.3. The molecular formula is C16H21N3O5S. The molecule has 8 nitrogen and oxygen atoms in total. The number of carbonyl (C=O) groups excluding carboxylic acids is 1. The molecular weight excluding hydrogens is 346 g/mol. The molecule has 1 aliphatic heterocycles. The lowest BCUT2D eigenvalue weighted by molar-refractivity contribution is -0.141. The van der Waals surface area contributed by atoms with Crippen LogP contribution in [0.25, 0.3) is 0 Å². The van der Waals surface area contributed by atoms with E-state index in [1.54, 1.807) is 18.2 Å². The van der Waals surface area contributed by atoms with Gasteiger partial charge in [0.1, 0.15) is 11.9 Å². The van der Waals surface area contributed by atoms with E-state index >= 15 is 0 Å². The van der Waals surface area contributed by atoms with Gasteiger partial charge in [0.05, 0.1) is 4.90 Å². The molecule has 0 radical (unpaired) electrons. The van der Waals surface area contributed by atoms with Crippen LogP contribution >= 0.6 is 0 Å². The number of hydrogen-bond acceptors (Lipinski definition) is 5. The summed E-state index contributed by atoms with van der Waals surface area (Å²) in [6, 6.07) is 5.77. The zero-order valence-corrected chi connectivity index (χ0v) is 14.7. The number of fused-ring (bicyclic) bond motifs is 1. The number of aliphatic imine (C=N–C) groups is 1. The minimum atomic E-state index is -3.51. The second-order valence-electron chi connectivity index (χ2n) is 5.77. The predicted octanol–water partition coefficient (Wildman–Crippen LogP) is 0.875. The van der Waals surface area contributed by atoms with Crippen LogP contribution in [0.3, 0.4) is 0 Å². The molecule has 25 heavy (non-hydrogen) atoms. The smallest absolute Gasteiger partial charge is 0.325 e. The number of carboxylic acid groups (broad SMARTS) is 1. The number of aliphatic carboxylic acids is 1. The summed E-state index contributed by atoms with van der Waals surface area (Å²) in [5.41, 5.74) is 0.574. The SMILES string of the molecule is C[C@H](NC(=O)CCCCCN=C1NS(=O)(=O)c2ccccc21)C(=O)O. The number of unbranched alkanes of at least 4 members (excludes halogenated alkanes) is 2. The zero-order valence-electron chi connectivity index (χ0n) is 13.9. The van der Waals surface area contributed by atoms with E-state index in [-0.39, 0.29) is 17.2 Å². The van der Waals surface area contributed by atoms with Crippen molar-refractivity contribution in [3.05, 3.63) is 29.8 Å². The van der Waals surface area contributed by atoms with E-state index in [0.29, 0.717) is 30.8 Å².